The molecule has 1 aliphatic rings. The second-order valence-corrected chi connectivity index (χ2v) is 9.07. The van der Waals surface area contributed by atoms with Crippen LogP contribution in [0, 0.1) is 11.6 Å². The average molecular weight is 509 g/mol. The van der Waals surface area contributed by atoms with Gasteiger partial charge in [-0.25, -0.2) is 8.78 Å². The van der Waals surface area contributed by atoms with Gasteiger partial charge in [0.15, 0.2) is 11.6 Å². The molecule has 0 bridgehead atoms. The van der Waals surface area contributed by atoms with Crippen molar-refractivity contribution in [1.82, 2.24) is 10.6 Å². The van der Waals surface area contributed by atoms with Crippen LogP contribution in [0.5, 0.6) is 0 Å². The van der Waals surface area contributed by atoms with Crippen LogP contribution in [-0.4, -0.2) is 19.0 Å². The molecule has 3 nitrogen and oxygen atoms in total. The van der Waals surface area contributed by atoms with Crippen LogP contribution >= 0.6 is 35.8 Å². The molecule has 174 valence electrons. The molecule has 4 rings (SSSR count). The van der Waals surface area contributed by atoms with E-state index in [1.807, 2.05) is 18.2 Å². The zero-order valence-electron chi connectivity index (χ0n) is 17.8. The monoisotopic (exact) mass is 508 g/mol. The summed E-state index contributed by atoms with van der Waals surface area (Å²) in [5.74, 6) is -1.35. The second kappa shape index (κ2) is 11.8. The predicted molar refractivity (Wildman–Crippen MR) is 133 cm³/mol. The molecule has 2 N–H and O–H groups in total. The van der Waals surface area contributed by atoms with Crippen molar-refractivity contribution in [1.29, 1.82) is 0 Å². The van der Waals surface area contributed by atoms with Crippen LogP contribution < -0.4 is 10.6 Å². The van der Waals surface area contributed by atoms with Gasteiger partial charge in [0.1, 0.15) is 0 Å². The zero-order chi connectivity index (χ0) is 22.5. The van der Waals surface area contributed by atoms with Crippen molar-refractivity contribution in [2.45, 2.75) is 30.0 Å². The van der Waals surface area contributed by atoms with Gasteiger partial charge in [0, 0.05) is 22.8 Å². The molecule has 1 aliphatic heterocycles. The molecule has 8 heteroatoms. The molecule has 1 amide bonds. The van der Waals surface area contributed by atoms with Crippen LogP contribution in [0.4, 0.5) is 8.78 Å². The highest BCUT2D eigenvalue weighted by atomic mass is 35.5. The van der Waals surface area contributed by atoms with Gasteiger partial charge in [-0.15, -0.1) is 24.2 Å². The molecule has 33 heavy (non-hydrogen) atoms. The first-order valence-electron chi connectivity index (χ1n) is 10.5. The van der Waals surface area contributed by atoms with E-state index in [0.29, 0.717) is 11.1 Å². The van der Waals surface area contributed by atoms with Crippen molar-refractivity contribution in [3.05, 3.63) is 99.1 Å². The highest BCUT2D eigenvalue weighted by molar-refractivity contribution is 7.98. The van der Waals surface area contributed by atoms with Crippen molar-refractivity contribution < 1.29 is 13.6 Å². The summed E-state index contributed by atoms with van der Waals surface area (Å²) in [6.45, 7) is 2.06. The van der Waals surface area contributed by atoms with Crippen LogP contribution in [0.15, 0.2) is 59.5 Å². The number of thioether (sulfide) groups is 1. The summed E-state index contributed by atoms with van der Waals surface area (Å²) in [4.78, 5) is 13.5. The van der Waals surface area contributed by atoms with E-state index in [0.717, 1.165) is 59.3 Å². The largest absolute Gasteiger partial charge is 0.348 e. The molecule has 0 atom stereocenters. The summed E-state index contributed by atoms with van der Waals surface area (Å²) in [7, 11) is 0. The van der Waals surface area contributed by atoms with E-state index in [4.69, 9.17) is 11.6 Å². The van der Waals surface area contributed by atoms with Crippen molar-refractivity contribution in [3.63, 3.8) is 0 Å². The first-order valence-corrected chi connectivity index (χ1v) is 11.8. The number of halogens is 4. The Morgan fingerprint density at radius 3 is 2.45 bits per heavy atom. The van der Waals surface area contributed by atoms with Crippen LogP contribution in [0.2, 0.25) is 5.02 Å². The number of carbonyl (C=O) groups is 1. The van der Waals surface area contributed by atoms with E-state index in [9.17, 15) is 13.6 Å². The fraction of sp³-hybridized carbons (Fsp3) is 0.240. The van der Waals surface area contributed by atoms with Crippen molar-refractivity contribution in [2.75, 3.05) is 13.1 Å². The number of rotatable bonds is 6. The summed E-state index contributed by atoms with van der Waals surface area (Å²) in [5, 5.41) is 6.94. The standard InChI is InChI=1S/C25H23ClF2N2OS.ClH/c26-21-7-6-18-9-11-29-12-10-20(18)24(21)32-15-16-1-4-19(5-2-16)25(31)30-14-17-3-8-22(27)23(28)13-17;/h1-8,13,29H,9-12,14-15H2,(H,30,31);1H. The van der Waals surface area contributed by atoms with Gasteiger partial charge in [-0.05, 0) is 78.5 Å². The van der Waals surface area contributed by atoms with E-state index in [1.54, 1.807) is 23.9 Å². The normalized spacial score (nSPS) is 12.9. The molecular formula is C25H24Cl2F2N2OS. The van der Waals surface area contributed by atoms with Crippen LogP contribution in [0.1, 0.15) is 32.6 Å². The first-order chi connectivity index (χ1) is 15.5. The molecule has 0 spiro atoms. The van der Waals surface area contributed by atoms with Gasteiger partial charge in [-0.3, -0.25) is 4.79 Å². The smallest absolute Gasteiger partial charge is 0.251 e. The number of benzene rings is 3. The summed E-state index contributed by atoms with van der Waals surface area (Å²) >= 11 is 8.23. The van der Waals surface area contributed by atoms with Crippen molar-refractivity contribution in [3.8, 4) is 0 Å². The summed E-state index contributed by atoms with van der Waals surface area (Å²) in [5.41, 5.74) is 4.79. The lowest BCUT2D eigenvalue weighted by molar-refractivity contribution is 0.0951. The maximum absolute atomic E-state index is 13.3. The van der Waals surface area contributed by atoms with Gasteiger partial charge in [-0.2, -0.15) is 0 Å². The fourth-order valence-electron chi connectivity index (χ4n) is 3.71. The van der Waals surface area contributed by atoms with Gasteiger partial charge in [0.2, 0.25) is 0 Å². The van der Waals surface area contributed by atoms with Crippen LogP contribution in [-0.2, 0) is 25.1 Å². The molecule has 0 radical (unpaired) electrons. The minimum atomic E-state index is -0.926. The third-order valence-electron chi connectivity index (χ3n) is 5.47. The summed E-state index contributed by atoms with van der Waals surface area (Å²) in [6.07, 6.45) is 1.98. The Hall–Kier alpha value is -2.12. The molecule has 0 aliphatic carbocycles. The molecule has 0 fully saturated rings. The number of hydrogen-bond donors (Lipinski definition) is 2. The molecular weight excluding hydrogens is 485 g/mol. The third-order valence-corrected chi connectivity index (χ3v) is 7.13. The Balaban J connectivity index is 0.00000306. The molecule has 1 heterocycles. The minimum absolute atomic E-state index is 0. The Morgan fingerprint density at radius 1 is 0.970 bits per heavy atom. The van der Waals surface area contributed by atoms with E-state index in [1.165, 1.54) is 17.2 Å². The molecule has 3 aromatic carbocycles. The quantitative estimate of drug-likeness (QED) is 0.404. The Labute approximate surface area is 207 Å². The summed E-state index contributed by atoms with van der Waals surface area (Å²) in [6, 6.07) is 15.1. The van der Waals surface area contributed by atoms with Gasteiger partial charge in [0.05, 0.1) is 5.02 Å². The second-order valence-electron chi connectivity index (χ2n) is 7.68. The summed E-state index contributed by atoms with van der Waals surface area (Å²) < 4.78 is 26.3. The fourth-order valence-corrected chi connectivity index (χ4v) is 5.17. The lowest BCUT2D eigenvalue weighted by Gasteiger charge is -2.14. The van der Waals surface area contributed by atoms with Gasteiger partial charge >= 0.3 is 0 Å². The lowest BCUT2D eigenvalue weighted by atomic mass is 10.0. The zero-order valence-corrected chi connectivity index (χ0v) is 20.2. The maximum atomic E-state index is 13.3. The number of hydrogen-bond acceptors (Lipinski definition) is 3. The molecule has 0 saturated carbocycles. The van der Waals surface area contributed by atoms with Crippen LogP contribution in [0.3, 0.4) is 0 Å². The van der Waals surface area contributed by atoms with Gasteiger partial charge in [-0.1, -0.05) is 35.9 Å². The van der Waals surface area contributed by atoms with E-state index < -0.39 is 11.6 Å². The predicted octanol–water partition coefficient (Wildman–Crippen LogP) is 5.95. The topological polar surface area (TPSA) is 41.1 Å². The number of amides is 1. The average Bonchev–Trinajstić information content (AvgIpc) is 3.05. The van der Waals surface area contributed by atoms with Crippen molar-refractivity contribution >= 4 is 41.7 Å². The van der Waals surface area contributed by atoms with E-state index in [-0.39, 0.29) is 24.9 Å². The van der Waals surface area contributed by atoms with Crippen LogP contribution in [0.25, 0.3) is 0 Å². The highest BCUT2D eigenvalue weighted by Gasteiger charge is 2.15. The van der Waals surface area contributed by atoms with E-state index >= 15 is 0 Å². The Morgan fingerprint density at radius 2 is 1.70 bits per heavy atom. The SMILES string of the molecule is Cl.O=C(NCc1ccc(F)c(F)c1)c1ccc(CSc2c(Cl)ccc3c2CCNCC3)cc1. The van der Waals surface area contributed by atoms with Gasteiger partial charge in [0.25, 0.3) is 5.91 Å². The highest BCUT2D eigenvalue weighted by Crippen LogP contribution is 2.36. The molecule has 0 unspecified atom stereocenters. The molecule has 0 aromatic heterocycles. The maximum Gasteiger partial charge on any atom is 0.251 e. The molecule has 3 aromatic rings. The Kier molecular flexibility index (Phi) is 9.15. The Bertz CT molecular complexity index is 1130. The number of nitrogens with one attached hydrogen (secondary N) is 2. The molecule has 0 saturated heterocycles. The number of carbonyl (C=O) groups excluding carboxylic acids is 1. The minimum Gasteiger partial charge on any atom is -0.348 e. The first kappa shape index (κ1) is 25.5. The van der Waals surface area contributed by atoms with Gasteiger partial charge < -0.3 is 10.6 Å². The third kappa shape index (κ3) is 6.48. The van der Waals surface area contributed by atoms with Crippen molar-refractivity contribution in [2.24, 2.45) is 0 Å². The lowest BCUT2D eigenvalue weighted by Crippen LogP contribution is -2.22. The van der Waals surface area contributed by atoms with E-state index in [2.05, 4.69) is 16.7 Å². The number of fused-ring (bicyclic) bond motifs is 1.